The number of hydrogen-bond acceptors (Lipinski definition) is 2. The predicted molar refractivity (Wildman–Crippen MR) is 63.9 cm³/mol. The Kier molecular flexibility index (Phi) is 2.38. The molecule has 1 aromatic carbocycles. The van der Waals surface area contributed by atoms with E-state index in [9.17, 15) is 9.59 Å². The van der Waals surface area contributed by atoms with Crippen molar-refractivity contribution in [2.75, 3.05) is 0 Å². The molecule has 0 aliphatic heterocycles. The van der Waals surface area contributed by atoms with E-state index in [1.807, 2.05) is 24.3 Å². The lowest BCUT2D eigenvalue weighted by Gasteiger charge is -2.10. The molecule has 0 aliphatic rings. The van der Waals surface area contributed by atoms with Gasteiger partial charge in [-0.25, -0.2) is 0 Å². The second kappa shape index (κ2) is 3.59. The molecule has 1 heterocycles. The van der Waals surface area contributed by atoms with Gasteiger partial charge in [-0.3, -0.25) is 9.59 Å². The minimum atomic E-state index is -0.107. The summed E-state index contributed by atoms with van der Waals surface area (Å²) in [5.74, 6) is -0.0635. The first-order valence-corrected chi connectivity index (χ1v) is 5.13. The zero-order valence-electron chi connectivity index (χ0n) is 9.57. The number of carbonyl (C=O) groups is 1. The Bertz CT molecular complexity index is 638. The molecule has 16 heavy (non-hydrogen) atoms. The van der Waals surface area contributed by atoms with Crippen molar-refractivity contribution >= 4 is 16.7 Å². The van der Waals surface area contributed by atoms with Gasteiger partial charge >= 0.3 is 0 Å². The minimum absolute atomic E-state index is 0.0635. The number of rotatable bonds is 1. The van der Waals surface area contributed by atoms with E-state index in [1.165, 1.54) is 6.92 Å². The fraction of sp³-hybridized carbons (Fsp3) is 0.231. The van der Waals surface area contributed by atoms with E-state index in [-0.39, 0.29) is 11.3 Å². The number of carbonyl (C=O) groups excluding carboxylic acids is 1. The Labute approximate surface area is 93.3 Å². The maximum absolute atomic E-state index is 11.9. The smallest absolute Gasteiger partial charge is 0.254 e. The molecule has 0 unspecified atom stereocenters. The van der Waals surface area contributed by atoms with Gasteiger partial charge in [-0.15, -0.1) is 0 Å². The third-order valence-corrected chi connectivity index (χ3v) is 2.89. The molecule has 3 heteroatoms. The third-order valence-electron chi connectivity index (χ3n) is 2.89. The van der Waals surface area contributed by atoms with Gasteiger partial charge < -0.3 is 4.57 Å². The lowest BCUT2D eigenvalue weighted by atomic mass is 10.0. The van der Waals surface area contributed by atoms with E-state index in [0.717, 1.165) is 10.9 Å². The molecule has 0 aliphatic carbocycles. The van der Waals surface area contributed by atoms with Crippen molar-refractivity contribution in [3.05, 3.63) is 45.7 Å². The molecule has 3 nitrogen and oxygen atoms in total. The molecule has 1 aromatic heterocycles. The summed E-state index contributed by atoms with van der Waals surface area (Å²) in [5, 5.41) is 0.842. The first-order chi connectivity index (χ1) is 7.54. The van der Waals surface area contributed by atoms with Gasteiger partial charge in [-0.2, -0.15) is 0 Å². The first-order valence-electron chi connectivity index (χ1n) is 5.13. The Morgan fingerprint density at radius 3 is 2.50 bits per heavy atom. The summed E-state index contributed by atoms with van der Waals surface area (Å²) in [6, 6.07) is 7.46. The second-order valence-corrected chi connectivity index (χ2v) is 3.94. The van der Waals surface area contributed by atoms with Crippen LogP contribution in [0.2, 0.25) is 0 Å². The molecule has 0 radical (unpaired) electrons. The highest BCUT2D eigenvalue weighted by Gasteiger charge is 2.14. The molecule has 2 rings (SSSR count). The zero-order valence-corrected chi connectivity index (χ0v) is 9.57. The number of nitrogens with zero attached hydrogens (tertiary/aromatic N) is 1. The van der Waals surface area contributed by atoms with E-state index >= 15 is 0 Å². The standard InChI is InChI=1S/C13H13NO2/c1-8-12(9(2)15)10-6-4-5-7-11(10)14(3)13(8)16/h4-7H,1-3H3. The number of ketones is 1. The van der Waals surface area contributed by atoms with E-state index < -0.39 is 0 Å². The summed E-state index contributed by atoms with van der Waals surface area (Å²) in [7, 11) is 1.72. The summed E-state index contributed by atoms with van der Waals surface area (Å²) in [5.41, 5.74) is 1.75. The Balaban J connectivity index is 3.10. The van der Waals surface area contributed by atoms with Gasteiger partial charge in [0.1, 0.15) is 0 Å². The largest absolute Gasteiger partial charge is 0.311 e. The Morgan fingerprint density at radius 2 is 1.88 bits per heavy atom. The van der Waals surface area contributed by atoms with Crippen LogP contribution in [0.15, 0.2) is 29.1 Å². The maximum Gasteiger partial charge on any atom is 0.254 e. The fourth-order valence-corrected chi connectivity index (χ4v) is 2.10. The molecule has 2 aromatic rings. The predicted octanol–water partition coefficient (Wildman–Crippen LogP) is 2.05. The number of para-hydroxylation sites is 1. The van der Waals surface area contributed by atoms with Gasteiger partial charge in [0.05, 0.1) is 5.52 Å². The summed E-state index contributed by atoms with van der Waals surface area (Å²) in [6.45, 7) is 3.19. The number of aryl methyl sites for hydroxylation is 1. The lowest BCUT2D eigenvalue weighted by molar-refractivity contribution is 0.101. The highest BCUT2D eigenvalue weighted by atomic mass is 16.1. The number of hydrogen-bond donors (Lipinski definition) is 0. The molecule has 0 atom stereocenters. The molecule has 0 saturated heterocycles. The van der Waals surface area contributed by atoms with Crippen LogP contribution in [0.1, 0.15) is 22.8 Å². The van der Waals surface area contributed by atoms with Crippen molar-refractivity contribution in [1.82, 2.24) is 4.57 Å². The molecular weight excluding hydrogens is 202 g/mol. The zero-order chi connectivity index (χ0) is 11.9. The monoisotopic (exact) mass is 215 g/mol. The summed E-state index contributed by atoms with van der Waals surface area (Å²) in [4.78, 5) is 23.5. The average Bonchev–Trinajstić information content (AvgIpc) is 2.26. The molecule has 0 amide bonds. The van der Waals surface area contributed by atoms with Crippen molar-refractivity contribution < 1.29 is 4.79 Å². The van der Waals surface area contributed by atoms with Crippen molar-refractivity contribution in [2.45, 2.75) is 13.8 Å². The maximum atomic E-state index is 11.9. The van der Waals surface area contributed by atoms with Crippen LogP contribution in [-0.4, -0.2) is 10.4 Å². The molecule has 0 N–H and O–H groups in total. The van der Waals surface area contributed by atoms with Gasteiger partial charge in [0, 0.05) is 23.6 Å². The van der Waals surface area contributed by atoms with Crippen LogP contribution in [0.3, 0.4) is 0 Å². The van der Waals surface area contributed by atoms with E-state index in [1.54, 1.807) is 18.5 Å². The van der Waals surface area contributed by atoms with Gasteiger partial charge in [-0.05, 0) is 19.9 Å². The van der Waals surface area contributed by atoms with Gasteiger partial charge in [0.25, 0.3) is 5.56 Å². The van der Waals surface area contributed by atoms with Crippen molar-refractivity contribution in [2.24, 2.45) is 7.05 Å². The van der Waals surface area contributed by atoms with Crippen molar-refractivity contribution in [1.29, 1.82) is 0 Å². The fourth-order valence-electron chi connectivity index (χ4n) is 2.10. The van der Waals surface area contributed by atoms with Gasteiger partial charge in [0.2, 0.25) is 0 Å². The summed E-state index contributed by atoms with van der Waals surface area (Å²) < 4.78 is 1.58. The quantitative estimate of drug-likeness (QED) is 0.683. The normalized spacial score (nSPS) is 10.7. The number of benzene rings is 1. The topological polar surface area (TPSA) is 39.1 Å². The average molecular weight is 215 g/mol. The number of fused-ring (bicyclic) bond motifs is 1. The summed E-state index contributed by atoms with van der Waals surface area (Å²) in [6.07, 6.45) is 0. The summed E-state index contributed by atoms with van der Waals surface area (Å²) >= 11 is 0. The number of aromatic nitrogens is 1. The van der Waals surface area contributed by atoms with E-state index in [0.29, 0.717) is 11.1 Å². The van der Waals surface area contributed by atoms with Crippen LogP contribution in [0.5, 0.6) is 0 Å². The SMILES string of the molecule is CC(=O)c1c(C)c(=O)n(C)c2ccccc12. The van der Waals surface area contributed by atoms with E-state index in [4.69, 9.17) is 0 Å². The Morgan fingerprint density at radius 1 is 1.25 bits per heavy atom. The molecular formula is C13H13NO2. The first kappa shape index (κ1) is 10.6. The van der Waals surface area contributed by atoms with E-state index in [2.05, 4.69) is 0 Å². The highest BCUT2D eigenvalue weighted by Crippen LogP contribution is 2.19. The number of Topliss-reactive ketones (excluding diaryl/α,β-unsaturated/α-hetero) is 1. The van der Waals surface area contributed by atoms with Crippen molar-refractivity contribution in [3.63, 3.8) is 0 Å². The van der Waals surface area contributed by atoms with Crippen LogP contribution < -0.4 is 5.56 Å². The van der Waals surface area contributed by atoms with Crippen LogP contribution in [0.4, 0.5) is 0 Å². The second-order valence-electron chi connectivity index (χ2n) is 3.94. The highest BCUT2D eigenvalue weighted by molar-refractivity contribution is 6.07. The van der Waals surface area contributed by atoms with Gasteiger partial charge in [0.15, 0.2) is 5.78 Å². The van der Waals surface area contributed by atoms with Gasteiger partial charge in [-0.1, -0.05) is 18.2 Å². The van der Waals surface area contributed by atoms with Crippen LogP contribution >= 0.6 is 0 Å². The van der Waals surface area contributed by atoms with Crippen molar-refractivity contribution in [3.8, 4) is 0 Å². The van der Waals surface area contributed by atoms with Crippen LogP contribution in [-0.2, 0) is 7.05 Å². The molecule has 0 spiro atoms. The molecule has 82 valence electrons. The minimum Gasteiger partial charge on any atom is -0.311 e. The van der Waals surface area contributed by atoms with Crippen LogP contribution in [0, 0.1) is 6.92 Å². The Hall–Kier alpha value is -1.90. The molecule has 0 fully saturated rings. The third kappa shape index (κ3) is 1.36. The molecule has 0 bridgehead atoms. The molecule has 0 saturated carbocycles. The lowest BCUT2D eigenvalue weighted by Crippen LogP contribution is -2.22. The van der Waals surface area contributed by atoms with Crippen LogP contribution in [0.25, 0.3) is 10.9 Å². The number of pyridine rings is 1.